The number of unbranched alkanes of at least 4 members (excludes halogenated alkanes) is 17. The lowest BCUT2D eigenvalue weighted by Gasteiger charge is -2.12. The van der Waals surface area contributed by atoms with Crippen molar-refractivity contribution in [3.63, 3.8) is 0 Å². The molecule has 4 heteroatoms. The van der Waals surface area contributed by atoms with Crippen molar-refractivity contribution >= 4 is 5.97 Å². The van der Waals surface area contributed by atoms with Crippen LogP contribution in [0.5, 0.6) is 11.5 Å². The van der Waals surface area contributed by atoms with E-state index in [1.807, 2.05) is 0 Å². The quantitative estimate of drug-likeness (QED) is 0.112. The minimum Gasteiger partial charge on any atom is -0.508 e. The summed E-state index contributed by atoms with van der Waals surface area (Å²) in [7, 11) is 0. The number of carboxylic acids is 1. The van der Waals surface area contributed by atoms with Crippen molar-refractivity contribution in [1.29, 1.82) is 0 Å². The number of phenols is 2. The first-order valence-electron chi connectivity index (χ1n) is 14.4. The van der Waals surface area contributed by atoms with Gasteiger partial charge in [0.05, 0.1) is 0 Å². The molecule has 200 valence electrons. The number of aromatic hydroxyl groups is 2. The van der Waals surface area contributed by atoms with E-state index in [4.69, 9.17) is 0 Å². The average Bonchev–Trinajstić information content (AvgIpc) is 2.83. The average molecular weight is 489 g/mol. The van der Waals surface area contributed by atoms with E-state index in [0.717, 1.165) is 19.3 Å². The Labute approximate surface area is 214 Å². The smallest absolute Gasteiger partial charge is 0.339 e. The van der Waals surface area contributed by atoms with Gasteiger partial charge in [0, 0.05) is 5.56 Å². The number of hydrogen-bond donors (Lipinski definition) is 3. The van der Waals surface area contributed by atoms with Gasteiger partial charge in [-0.25, -0.2) is 4.79 Å². The SMILES string of the molecule is CCCCCC/C=C\CCCCCCCCCCCCCCCc1cc(O)c(C)c(O)c1C(=O)O. The molecule has 0 spiro atoms. The number of carbonyl (C=O) groups is 1. The van der Waals surface area contributed by atoms with E-state index in [-0.39, 0.29) is 22.6 Å². The topological polar surface area (TPSA) is 77.8 Å². The lowest BCUT2D eigenvalue weighted by molar-refractivity contribution is 0.0692. The second-order valence-corrected chi connectivity index (χ2v) is 10.2. The van der Waals surface area contributed by atoms with E-state index in [1.54, 1.807) is 0 Å². The third-order valence-electron chi connectivity index (χ3n) is 7.03. The van der Waals surface area contributed by atoms with Gasteiger partial charge in [0.15, 0.2) is 0 Å². The van der Waals surface area contributed by atoms with E-state index in [0.29, 0.717) is 12.0 Å². The molecule has 0 fully saturated rings. The van der Waals surface area contributed by atoms with Crippen molar-refractivity contribution in [3.05, 3.63) is 34.9 Å². The first kappa shape index (κ1) is 31.1. The zero-order valence-corrected chi connectivity index (χ0v) is 22.6. The molecule has 0 aliphatic carbocycles. The molecule has 0 saturated carbocycles. The molecular weight excluding hydrogens is 436 g/mol. The zero-order chi connectivity index (χ0) is 25.7. The van der Waals surface area contributed by atoms with E-state index < -0.39 is 5.97 Å². The fraction of sp³-hybridized carbons (Fsp3) is 0.710. The largest absolute Gasteiger partial charge is 0.508 e. The van der Waals surface area contributed by atoms with Crippen LogP contribution in [0.25, 0.3) is 0 Å². The Hall–Kier alpha value is -1.97. The van der Waals surface area contributed by atoms with Crippen LogP contribution in [0.2, 0.25) is 0 Å². The van der Waals surface area contributed by atoms with Crippen LogP contribution in [0.1, 0.15) is 150 Å². The molecule has 0 unspecified atom stereocenters. The van der Waals surface area contributed by atoms with Crippen LogP contribution in [0, 0.1) is 6.92 Å². The number of aromatic carboxylic acids is 1. The molecular formula is C31H52O4. The fourth-order valence-corrected chi connectivity index (χ4v) is 4.69. The Morgan fingerprint density at radius 2 is 1.14 bits per heavy atom. The van der Waals surface area contributed by atoms with Gasteiger partial charge in [-0.2, -0.15) is 0 Å². The fourth-order valence-electron chi connectivity index (χ4n) is 4.69. The van der Waals surface area contributed by atoms with Gasteiger partial charge in [-0.05, 0) is 57.1 Å². The summed E-state index contributed by atoms with van der Waals surface area (Å²) in [5.41, 5.74) is 0.681. The zero-order valence-electron chi connectivity index (χ0n) is 22.6. The monoisotopic (exact) mass is 488 g/mol. The molecule has 1 aromatic rings. The summed E-state index contributed by atoms with van der Waals surface area (Å²) in [6.45, 7) is 3.79. The number of carboxylic acid groups (broad SMARTS) is 1. The van der Waals surface area contributed by atoms with Crippen molar-refractivity contribution in [1.82, 2.24) is 0 Å². The van der Waals surface area contributed by atoms with Crippen LogP contribution in [0.15, 0.2) is 18.2 Å². The molecule has 4 nitrogen and oxygen atoms in total. The summed E-state index contributed by atoms with van der Waals surface area (Å²) in [5.74, 6) is -1.49. The van der Waals surface area contributed by atoms with Gasteiger partial charge in [0.1, 0.15) is 17.1 Å². The minimum absolute atomic E-state index is 0.0387. The molecule has 0 amide bonds. The van der Waals surface area contributed by atoms with Crippen LogP contribution < -0.4 is 0 Å². The molecule has 0 aliphatic heterocycles. The maximum Gasteiger partial charge on any atom is 0.339 e. The highest BCUT2D eigenvalue weighted by Crippen LogP contribution is 2.33. The molecule has 1 rings (SSSR count). The lowest BCUT2D eigenvalue weighted by Crippen LogP contribution is -2.04. The Morgan fingerprint density at radius 1 is 0.714 bits per heavy atom. The van der Waals surface area contributed by atoms with Crippen LogP contribution >= 0.6 is 0 Å². The molecule has 0 atom stereocenters. The van der Waals surface area contributed by atoms with Crippen LogP contribution in [-0.2, 0) is 6.42 Å². The van der Waals surface area contributed by atoms with Crippen molar-refractivity contribution in [2.24, 2.45) is 0 Å². The standard InChI is InChI=1S/C31H52O4/c1-3-4-5-6-7-8-9-10-11-12-13-14-15-16-17-18-19-20-21-22-23-24-27-25-28(32)26(2)30(33)29(27)31(34)35/h8-9,25,32-33H,3-7,10-24H2,1-2H3,(H,34,35)/b9-8-. The normalized spacial score (nSPS) is 11.5. The summed E-state index contributed by atoms with van der Waals surface area (Å²) in [6, 6.07) is 1.49. The van der Waals surface area contributed by atoms with Gasteiger partial charge in [-0.3, -0.25) is 0 Å². The number of phenolic OH excluding ortho intramolecular Hbond substituents is 1. The number of aryl methyl sites for hydroxylation is 1. The first-order valence-corrected chi connectivity index (χ1v) is 14.4. The summed E-state index contributed by atoms with van der Waals surface area (Å²) < 4.78 is 0. The summed E-state index contributed by atoms with van der Waals surface area (Å²) in [4.78, 5) is 11.5. The van der Waals surface area contributed by atoms with Gasteiger partial charge < -0.3 is 15.3 Å². The third kappa shape index (κ3) is 14.2. The van der Waals surface area contributed by atoms with Gasteiger partial charge >= 0.3 is 5.97 Å². The Balaban J connectivity index is 1.93. The minimum atomic E-state index is -1.14. The predicted octanol–water partition coefficient (Wildman–Crippen LogP) is 9.63. The number of allylic oxidation sites excluding steroid dienone is 2. The predicted molar refractivity (Wildman–Crippen MR) is 148 cm³/mol. The first-order chi connectivity index (χ1) is 17.0. The molecule has 0 aromatic heterocycles. The lowest BCUT2D eigenvalue weighted by atomic mass is 9.96. The molecule has 0 saturated heterocycles. The van der Waals surface area contributed by atoms with E-state index >= 15 is 0 Å². The highest BCUT2D eigenvalue weighted by Gasteiger charge is 2.19. The molecule has 1 aromatic carbocycles. The molecule has 3 N–H and O–H groups in total. The van der Waals surface area contributed by atoms with Gasteiger partial charge in [0.25, 0.3) is 0 Å². The third-order valence-corrected chi connectivity index (χ3v) is 7.03. The van der Waals surface area contributed by atoms with Crippen LogP contribution in [-0.4, -0.2) is 21.3 Å². The number of hydrogen-bond acceptors (Lipinski definition) is 3. The maximum atomic E-state index is 11.5. The van der Waals surface area contributed by atoms with Gasteiger partial charge in [-0.1, -0.05) is 109 Å². The van der Waals surface area contributed by atoms with E-state index in [9.17, 15) is 20.1 Å². The summed E-state index contributed by atoms with van der Waals surface area (Å²) >= 11 is 0. The molecule has 0 bridgehead atoms. The van der Waals surface area contributed by atoms with E-state index in [2.05, 4.69) is 19.1 Å². The highest BCUT2D eigenvalue weighted by atomic mass is 16.4. The highest BCUT2D eigenvalue weighted by molar-refractivity contribution is 5.93. The number of rotatable bonds is 22. The van der Waals surface area contributed by atoms with Crippen molar-refractivity contribution in [2.45, 2.75) is 142 Å². The summed E-state index contributed by atoms with van der Waals surface area (Å²) in [5, 5.41) is 29.4. The second kappa shape index (κ2) is 20.2. The van der Waals surface area contributed by atoms with Crippen molar-refractivity contribution in [2.75, 3.05) is 0 Å². The van der Waals surface area contributed by atoms with Crippen molar-refractivity contribution in [3.8, 4) is 11.5 Å². The van der Waals surface area contributed by atoms with Crippen LogP contribution in [0.4, 0.5) is 0 Å². The Morgan fingerprint density at radius 3 is 1.60 bits per heavy atom. The van der Waals surface area contributed by atoms with Crippen LogP contribution in [0.3, 0.4) is 0 Å². The van der Waals surface area contributed by atoms with Gasteiger partial charge in [0.2, 0.25) is 0 Å². The summed E-state index contributed by atoms with van der Waals surface area (Å²) in [6.07, 6.45) is 29.7. The molecule has 0 heterocycles. The molecule has 0 aliphatic rings. The van der Waals surface area contributed by atoms with Crippen molar-refractivity contribution < 1.29 is 20.1 Å². The molecule has 0 radical (unpaired) electrons. The second-order valence-electron chi connectivity index (χ2n) is 10.2. The maximum absolute atomic E-state index is 11.5. The van der Waals surface area contributed by atoms with Gasteiger partial charge in [-0.15, -0.1) is 0 Å². The number of benzene rings is 1. The van der Waals surface area contributed by atoms with E-state index in [1.165, 1.54) is 116 Å². The molecule has 35 heavy (non-hydrogen) atoms. The Kier molecular flexibility index (Phi) is 18.0. The Bertz CT molecular complexity index is 723.